The number of nitrogens with one attached hydrogen (secondary N) is 1. The van der Waals surface area contributed by atoms with Gasteiger partial charge >= 0.3 is 5.97 Å². The summed E-state index contributed by atoms with van der Waals surface area (Å²) < 4.78 is 5.30. The van der Waals surface area contributed by atoms with E-state index < -0.39 is 0 Å². The number of esters is 1. The lowest BCUT2D eigenvalue weighted by Crippen LogP contribution is -2.39. The lowest BCUT2D eigenvalue weighted by molar-refractivity contribution is -0.143. The SMILES string of the molecule is CCCCCC(=O)OCCCC[C@H]1CCCCCC[C@@H](C)NC(N)=N1. The molecule has 0 aromatic rings. The van der Waals surface area contributed by atoms with E-state index in [1.807, 2.05) is 0 Å². The molecule has 3 N–H and O–H groups in total. The van der Waals surface area contributed by atoms with Crippen LogP contribution in [0.3, 0.4) is 0 Å². The molecule has 0 amide bonds. The number of nitrogens with two attached hydrogens (primary N) is 1. The van der Waals surface area contributed by atoms with Crippen molar-refractivity contribution in [3.63, 3.8) is 0 Å². The van der Waals surface area contributed by atoms with Crippen LogP contribution in [0.5, 0.6) is 0 Å². The van der Waals surface area contributed by atoms with Crippen LogP contribution in [-0.2, 0) is 9.53 Å². The summed E-state index contributed by atoms with van der Waals surface area (Å²) in [7, 11) is 0. The fourth-order valence-electron chi connectivity index (χ4n) is 3.28. The van der Waals surface area contributed by atoms with Crippen molar-refractivity contribution in [2.45, 2.75) is 109 Å². The molecule has 0 spiro atoms. The summed E-state index contributed by atoms with van der Waals surface area (Å²) in [6.45, 7) is 4.84. The van der Waals surface area contributed by atoms with Crippen LogP contribution in [-0.4, -0.2) is 30.6 Å². The summed E-state index contributed by atoms with van der Waals surface area (Å²) in [5.41, 5.74) is 6.05. The summed E-state index contributed by atoms with van der Waals surface area (Å²) in [4.78, 5) is 16.3. The first kappa shape index (κ1) is 21.8. The molecule has 0 radical (unpaired) electrons. The second kappa shape index (κ2) is 14.0. The van der Waals surface area contributed by atoms with Crippen LogP contribution in [0.15, 0.2) is 4.99 Å². The Morgan fingerprint density at radius 1 is 1.16 bits per heavy atom. The first-order chi connectivity index (χ1) is 12.1. The first-order valence-electron chi connectivity index (χ1n) is 10.4. The Hall–Kier alpha value is -1.26. The maximum atomic E-state index is 11.6. The molecular formula is C20H39N3O2. The second-order valence-corrected chi connectivity index (χ2v) is 7.38. The molecule has 0 fully saturated rings. The predicted octanol–water partition coefficient (Wildman–Crippen LogP) is 4.30. The third kappa shape index (κ3) is 11.8. The third-order valence-corrected chi connectivity index (χ3v) is 4.82. The number of carbonyl (C=O) groups excluding carboxylic acids is 1. The van der Waals surface area contributed by atoms with Crippen molar-refractivity contribution < 1.29 is 9.53 Å². The van der Waals surface area contributed by atoms with E-state index in [4.69, 9.17) is 10.5 Å². The lowest BCUT2D eigenvalue weighted by Gasteiger charge is -2.16. The fourth-order valence-corrected chi connectivity index (χ4v) is 3.28. The van der Waals surface area contributed by atoms with Gasteiger partial charge in [0.15, 0.2) is 5.96 Å². The average Bonchev–Trinajstić information content (AvgIpc) is 2.60. The molecule has 1 aliphatic rings. The monoisotopic (exact) mass is 353 g/mol. The number of ether oxygens (including phenoxy) is 1. The molecule has 0 unspecified atom stereocenters. The number of unbranched alkanes of at least 4 members (excludes halogenated alkanes) is 3. The zero-order valence-corrected chi connectivity index (χ0v) is 16.4. The molecule has 0 aliphatic carbocycles. The van der Waals surface area contributed by atoms with E-state index in [1.54, 1.807) is 0 Å². The van der Waals surface area contributed by atoms with Gasteiger partial charge in [0.25, 0.3) is 0 Å². The number of rotatable bonds is 9. The third-order valence-electron chi connectivity index (χ3n) is 4.82. The van der Waals surface area contributed by atoms with Crippen molar-refractivity contribution in [1.29, 1.82) is 0 Å². The Morgan fingerprint density at radius 2 is 1.92 bits per heavy atom. The number of guanidine groups is 1. The Kier molecular flexibility index (Phi) is 12.2. The van der Waals surface area contributed by atoms with Gasteiger partial charge in [0.1, 0.15) is 0 Å². The van der Waals surface area contributed by atoms with Gasteiger partial charge in [0.2, 0.25) is 0 Å². The normalized spacial score (nSPS) is 22.4. The summed E-state index contributed by atoms with van der Waals surface area (Å²) in [6.07, 6.45) is 14.0. The van der Waals surface area contributed by atoms with E-state index in [-0.39, 0.29) is 12.0 Å². The van der Waals surface area contributed by atoms with Crippen molar-refractivity contribution >= 4 is 11.9 Å². The first-order valence-corrected chi connectivity index (χ1v) is 10.4. The average molecular weight is 354 g/mol. The second-order valence-electron chi connectivity index (χ2n) is 7.38. The molecule has 0 aromatic heterocycles. The molecule has 0 aromatic carbocycles. The summed E-state index contributed by atoms with van der Waals surface area (Å²) in [5.74, 6) is 0.533. The molecule has 1 rings (SSSR count). The number of carbonyl (C=O) groups is 1. The van der Waals surface area contributed by atoms with Gasteiger partial charge in [-0.1, -0.05) is 45.4 Å². The van der Waals surface area contributed by atoms with Gasteiger partial charge in [-0.3, -0.25) is 9.79 Å². The zero-order chi connectivity index (χ0) is 18.3. The molecular weight excluding hydrogens is 314 g/mol. The van der Waals surface area contributed by atoms with E-state index in [2.05, 4.69) is 24.2 Å². The fraction of sp³-hybridized carbons (Fsp3) is 0.900. The number of hydrogen-bond acceptors (Lipinski definition) is 5. The van der Waals surface area contributed by atoms with Crippen LogP contribution in [0.4, 0.5) is 0 Å². The Morgan fingerprint density at radius 3 is 2.68 bits per heavy atom. The van der Waals surface area contributed by atoms with Gasteiger partial charge < -0.3 is 15.8 Å². The van der Waals surface area contributed by atoms with Crippen LogP contribution in [0.25, 0.3) is 0 Å². The highest BCUT2D eigenvalue weighted by Crippen LogP contribution is 2.16. The van der Waals surface area contributed by atoms with Crippen molar-refractivity contribution in [2.24, 2.45) is 10.7 Å². The molecule has 1 aliphatic heterocycles. The molecule has 0 saturated carbocycles. The van der Waals surface area contributed by atoms with Gasteiger partial charge in [0.05, 0.1) is 12.6 Å². The van der Waals surface area contributed by atoms with E-state index in [1.165, 1.54) is 25.7 Å². The lowest BCUT2D eigenvalue weighted by atomic mass is 10.0. The zero-order valence-electron chi connectivity index (χ0n) is 16.4. The summed E-state index contributed by atoms with van der Waals surface area (Å²) in [5, 5.41) is 3.31. The topological polar surface area (TPSA) is 76.7 Å². The van der Waals surface area contributed by atoms with Crippen LogP contribution >= 0.6 is 0 Å². The van der Waals surface area contributed by atoms with E-state index in [0.29, 0.717) is 25.0 Å². The van der Waals surface area contributed by atoms with Gasteiger partial charge in [-0.05, 0) is 45.4 Å². The number of hydrogen-bond donors (Lipinski definition) is 2. The highest BCUT2D eigenvalue weighted by Gasteiger charge is 2.11. The highest BCUT2D eigenvalue weighted by atomic mass is 16.5. The maximum Gasteiger partial charge on any atom is 0.305 e. The smallest absolute Gasteiger partial charge is 0.305 e. The maximum absolute atomic E-state index is 11.6. The minimum atomic E-state index is -0.0520. The van der Waals surface area contributed by atoms with Crippen molar-refractivity contribution in [3.8, 4) is 0 Å². The molecule has 146 valence electrons. The van der Waals surface area contributed by atoms with Gasteiger partial charge in [-0.15, -0.1) is 0 Å². The Labute approximate surface area is 154 Å². The largest absolute Gasteiger partial charge is 0.466 e. The van der Waals surface area contributed by atoms with Crippen LogP contribution < -0.4 is 11.1 Å². The van der Waals surface area contributed by atoms with Crippen LogP contribution in [0.2, 0.25) is 0 Å². The quantitative estimate of drug-likeness (QED) is 0.479. The van der Waals surface area contributed by atoms with Crippen LogP contribution in [0, 0.1) is 0 Å². The van der Waals surface area contributed by atoms with E-state index in [0.717, 1.165) is 51.4 Å². The van der Waals surface area contributed by atoms with Crippen molar-refractivity contribution in [2.75, 3.05) is 6.61 Å². The minimum Gasteiger partial charge on any atom is -0.466 e. The predicted molar refractivity (Wildman–Crippen MR) is 105 cm³/mol. The molecule has 2 atom stereocenters. The van der Waals surface area contributed by atoms with Gasteiger partial charge in [-0.2, -0.15) is 0 Å². The molecule has 0 saturated heterocycles. The highest BCUT2D eigenvalue weighted by molar-refractivity contribution is 5.78. The standard InChI is InChI=1S/C20H39N3O2/c1-3-4-7-15-19(24)25-16-11-10-14-18-13-9-6-5-8-12-17(2)22-20(21)23-18/h17-18H,3-16H2,1-2H3,(H3,21,22,23)/t17-,18-/m1/s1. The summed E-state index contributed by atoms with van der Waals surface area (Å²) >= 11 is 0. The van der Waals surface area contributed by atoms with E-state index in [9.17, 15) is 4.79 Å². The molecule has 1 heterocycles. The van der Waals surface area contributed by atoms with E-state index >= 15 is 0 Å². The van der Waals surface area contributed by atoms with Gasteiger partial charge in [-0.25, -0.2) is 0 Å². The molecule has 25 heavy (non-hydrogen) atoms. The van der Waals surface area contributed by atoms with Gasteiger partial charge in [0, 0.05) is 12.5 Å². The molecule has 5 heteroatoms. The summed E-state index contributed by atoms with van der Waals surface area (Å²) in [6, 6.07) is 0.688. The number of nitrogens with zero attached hydrogens (tertiary/aromatic N) is 1. The molecule has 0 bridgehead atoms. The number of aliphatic imine (C=N–C) groups is 1. The van der Waals surface area contributed by atoms with Crippen molar-refractivity contribution in [1.82, 2.24) is 5.32 Å². The Balaban J connectivity index is 2.24. The Bertz CT molecular complexity index is 385. The van der Waals surface area contributed by atoms with Crippen molar-refractivity contribution in [3.05, 3.63) is 0 Å². The van der Waals surface area contributed by atoms with Crippen LogP contribution in [0.1, 0.15) is 97.3 Å². The molecule has 5 nitrogen and oxygen atoms in total. The minimum absolute atomic E-state index is 0.0520.